The minimum atomic E-state index is -0.620. The molecule has 0 aliphatic rings. The minimum absolute atomic E-state index is 0.127. The lowest BCUT2D eigenvalue weighted by atomic mass is 10.1. The van der Waals surface area contributed by atoms with Crippen molar-refractivity contribution < 1.29 is 18.7 Å². The average molecular weight is 370 g/mol. The van der Waals surface area contributed by atoms with Gasteiger partial charge in [-0.1, -0.05) is 35.6 Å². The summed E-state index contributed by atoms with van der Waals surface area (Å²) in [6.07, 6.45) is 1.60. The molecule has 0 N–H and O–H groups in total. The molecule has 3 aromatic rings. The van der Waals surface area contributed by atoms with E-state index in [1.165, 1.54) is 36.6 Å². The number of benzene rings is 2. The monoisotopic (exact) mass is 370 g/mol. The Morgan fingerprint density at radius 3 is 2.65 bits per heavy atom. The van der Waals surface area contributed by atoms with Gasteiger partial charge in [0.25, 0.3) is 5.91 Å². The lowest BCUT2D eigenvalue weighted by Crippen LogP contribution is -2.18. The Bertz CT molecular complexity index is 1080. The van der Waals surface area contributed by atoms with Gasteiger partial charge in [0.1, 0.15) is 5.82 Å². The first-order chi connectivity index (χ1) is 12.6. The second-order valence-electron chi connectivity index (χ2n) is 5.32. The maximum absolute atomic E-state index is 14.2. The van der Waals surface area contributed by atoms with Gasteiger partial charge in [0.05, 0.1) is 28.5 Å². The third-order valence-corrected chi connectivity index (χ3v) is 4.77. The van der Waals surface area contributed by atoms with Gasteiger partial charge in [-0.25, -0.2) is 9.18 Å². The molecule has 26 heavy (non-hydrogen) atoms. The smallest absolute Gasteiger partial charge is 0.338 e. The van der Waals surface area contributed by atoms with E-state index in [0.29, 0.717) is 21.6 Å². The van der Waals surface area contributed by atoms with Crippen LogP contribution >= 0.6 is 11.3 Å². The molecule has 0 radical (unpaired) electrons. The van der Waals surface area contributed by atoms with E-state index < -0.39 is 17.7 Å². The summed E-state index contributed by atoms with van der Waals surface area (Å²) in [4.78, 5) is 29.0. The number of thiazole rings is 1. The molecular weight excluding hydrogens is 355 g/mol. The number of ether oxygens (including phenoxy) is 1. The van der Waals surface area contributed by atoms with Crippen LogP contribution in [0.25, 0.3) is 10.2 Å². The Morgan fingerprint density at radius 1 is 1.23 bits per heavy atom. The van der Waals surface area contributed by atoms with Crippen LogP contribution in [-0.4, -0.2) is 23.6 Å². The molecule has 0 unspecified atom stereocenters. The summed E-state index contributed by atoms with van der Waals surface area (Å²) >= 11 is 1.19. The van der Waals surface area contributed by atoms with Gasteiger partial charge in [-0.05, 0) is 24.3 Å². The molecule has 0 saturated heterocycles. The van der Waals surface area contributed by atoms with E-state index in [1.807, 2.05) is 0 Å². The molecule has 0 atom stereocenters. The summed E-state index contributed by atoms with van der Waals surface area (Å²) in [6, 6.07) is 11.0. The largest absolute Gasteiger partial charge is 0.465 e. The quantitative estimate of drug-likeness (QED) is 0.521. The van der Waals surface area contributed by atoms with Crippen LogP contribution in [0.1, 0.15) is 20.7 Å². The number of aromatic nitrogens is 1. The third kappa shape index (κ3) is 3.21. The predicted octanol–water partition coefficient (Wildman–Crippen LogP) is 3.56. The highest BCUT2D eigenvalue weighted by molar-refractivity contribution is 7.16. The number of hydrogen-bond acceptors (Lipinski definition) is 4. The molecule has 0 bridgehead atoms. The predicted molar refractivity (Wildman–Crippen MR) is 97.6 cm³/mol. The van der Waals surface area contributed by atoms with E-state index in [1.54, 1.807) is 34.9 Å². The van der Waals surface area contributed by atoms with E-state index in [4.69, 9.17) is 4.74 Å². The zero-order valence-electron chi connectivity index (χ0n) is 13.9. The number of para-hydroxylation sites is 1. The van der Waals surface area contributed by atoms with Crippen molar-refractivity contribution in [1.82, 2.24) is 4.57 Å². The number of rotatable bonds is 4. The van der Waals surface area contributed by atoms with Gasteiger partial charge in [0.2, 0.25) is 0 Å². The van der Waals surface area contributed by atoms with Crippen LogP contribution in [0.5, 0.6) is 0 Å². The van der Waals surface area contributed by atoms with Crippen molar-refractivity contribution in [2.24, 2.45) is 4.99 Å². The summed E-state index contributed by atoms with van der Waals surface area (Å²) in [5.41, 5.74) is 0.624. The van der Waals surface area contributed by atoms with Crippen LogP contribution in [0.3, 0.4) is 0 Å². The maximum atomic E-state index is 14.2. The van der Waals surface area contributed by atoms with E-state index in [-0.39, 0.29) is 11.1 Å². The van der Waals surface area contributed by atoms with E-state index in [2.05, 4.69) is 11.6 Å². The molecular formula is C19H15FN2O3S. The Balaban J connectivity index is 2.18. The zero-order chi connectivity index (χ0) is 18.7. The first-order valence-electron chi connectivity index (χ1n) is 7.72. The highest BCUT2D eigenvalue weighted by atomic mass is 32.1. The molecule has 132 valence electrons. The normalized spacial score (nSPS) is 11.5. The summed E-state index contributed by atoms with van der Waals surface area (Å²) in [5, 5.41) is 0. The fourth-order valence-electron chi connectivity index (χ4n) is 2.58. The van der Waals surface area contributed by atoms with Crippen molar-refractivity contribution in [2.75, 3.05) is 7.11 Å². The first-order valence-corrected chi connectivity index (χ1v) is 8.53. The minimum Gasteiger partial charge on any atom is -0.465 e. The Labute approximate surface area is 152 Å². The molecule has 5 nitrogen and oxygen atoms in total. The molecule has 1 heterocycles. The van der Waals surface area contributed by atoms with Crippen molar-refractivity contribution in [2.45, 2.75) is 6.54 Å². The topological polar surface area (TPSA) is 60.7 Å². The fraction of sp³-hybridized carbons (Fsp3) is 0.105. The highest BCUT2D eigenvalue weighted by Gasteiger charge is 2.17. The van der Waals surface area contributed by atoms with Crippen LogP contribution < -0.4 is 4.80 Å². The van der Waals surface area contributed by atoms with Gasteiger partial charge in [-0.2, -0.15) is 4.99 Å². The number of esters is 1. The van der Waals surface area contributed by atoms with Crippen LogP contribution in [0.15, 0.2) is 60.1 Å². The van der Waals surface area contributed by atoms with Crippen LogP contribution in [0.4, 0.5) is 4.39 Å². The summed E-state index contributed by atoms with van der Waals surface area (Å²) in [6.45, 7) is 3.97. The van der Waals surface area contributed by atoms with E-state index in [0.717, 1.165) is 0 Å². The number of halogens is 1. The van der Waals surface area contributed by atoms with Crippen LogP contribution in [0.2, 0.25) is 0 Å². The molecule has 0 aliphatic heterocycles. The zero-order valence-corrected chi connectivity index (χ0v) is 14.8. The van der Waals surface area contributed by atoms with Crippen LogP contribution in [0, 0.1) is 5.82 Å². The van der Waals surface area contributed by atoms with Crippen molar-refractivity contribution >= 4 is 33.4 Å². The molecule has 0 spiro atoms. The lowest BCUT2D eigenvalue weighted by Gasteiger charge is -2.04. The number of allylic oxidation sites excluding steroid dienone is 1. The Morgan fingerprint density at radius 2 is 1.96 bits per heavy atom. The van der Waals surface area contributed by atoms with E-state index >= 15 is 0 Å². The first kappa shape index (κ1) is 17.8. The van der Waals surface area contributed by atoms with Gasteiger partial charge >= 0.3 is 5.97 Å². The SMILES string of the molecule is C=CCn1c(=NC(=O)c2ccccc2C(=O)OC)sc2cccc(F)c21. The molecule has 3 rings (SSSR count). The van der Waals surface area contributed by atoms with Crippen LogP contribution in [-0.2, 0) is 11.3 Å². The van der Waals surface area contributed by atoms with Gasteiger partial charge in [0.15, 0.2) is 4.80 Å². The van der Waals surface area contributed by atoms with Crippen molar-refractivity contribution in [3.8, 4) is 0 Å². The molecule has 1 aromatic heterocycles. The van der Waals surface area contributed by atoms with Gasteiger partial charge in [-0.3, -0.25) is 4.79 Å². The number of hydrogen-bond donors (Lipinski definition) is 0. The van der Waals surface area contributed by atoms with E-state index in [9.17, 15) is 14.0 Å². The number of nitrogens with zero attached hydrogens (tertiary/aromatic N) is 2. The number of carbonyl (C=O) groups excluding carboxylic acids is 2. The molecule has 0 aliphatic carbocycles. The maximum Gasteiger partial charge on any atom is 0.338 e. The van der Waals surface area contributed by atoms with Crippen molar-refractivity contribution in [1.29, 1.82) is 0 Å². The van der Waals surface area contributed by atoms with Gasteiger partial charge < -0.3 is 9.30 Å². The summed E-state index contributed by atoms with van der Waals surface area (Å²) in [7, 11) is 1.24. The molecule has 7 heteroatoms. The number of amides is 1. The molecule has 1 amide bonds. The average Bonchev–Trinajstić information content (AvgIpc) is 3.00. The molecule has 0 saturated carbocycles. The fourth-order valence-corrected chi connectivity index (χ4v) is 3.63. The standard InChI is InChI=1S/C19H15FN2O3S/c1-3-11-22-16-14(20)9-6-10-15(16)26-19(22)21-17(23)12-7-4-5-8-13(12)18(24)25-2/h3-10H,1,11H2,2H3. The van der Waals surface area contributed by atoms with Crippen molar-refractivity contribution in [3.05, 3.63) is 76.9 Å². The number of methoxy groups -OCH3 is 1. The third-order valence-electron chi connectivity index (χ3n) is 3.72. The van der Waals surface area contributed by atoms with Gasteiger partial charge in [0, 0.05) is 6.54 Å². The molecule has 0 fully saturated rings. The van der Waals surface area contributed by atoms with Gasteiger partial charge in [-0.15, -0.1) is 6.58 Å². The summed E-state index contributed by atoms with van der Waals surface area (Å²) < 4.78 is 21.2. The number of carbonyl (C=O) groups is 2. The second kappa shape index (κ2) is 7.45. The lowest BCUT2D eigenvalue weighted by molar-refractivity contribution is 0.0597. The van der Waals surface area contributed by atoms with Crippen molar-refractivity contribution in [3.63, 3.8) is 0 Å². The Hall–Kier alpha value is -3.06. The Kier molecular flexibility index (Phi) is 5.09. The molecule has 2 aromatic carbocycles. The second-order valence-corrected chi connectivity index (χ2v) is 6.33. The summed E-state index contributed by atoms with van der Waals surface area (Å²) in [5.74, 6) is -1.62. The highest BCUT2D eigenvalue weighted by Crippen LogP contribution is 2.20. The number of fused-ring (bicyclic) bond motifs is 1.